The number of carbonyl (C=O) groups excluding carboxylic acids is 1. The van der Waals surface area contributed by atoms with E-state index in [-0.39, 0.29) is 37.7 Å². The van der Waals surface area contributed by atoms with Gasteiger partial charge in [0, 0.05) is 0 Å². The van der Waals surface area contributed by atoms with Crippen molar-refractivity contribution in [2.75, 3.05) is 0 Å². The van der Waals surface area contributed by atoms with Gasteiger partial charge < -0.3 is 10.8 Å². The third-order valence-electron chi connectivity index (χ3n) is 0.412. The van der Waals surface area contributed by atoms with E-state index in [1.54, 1.807) is 0 Å². The van der Waals surface area contributed by atoms with Crippen molar-refractivity contribution >= 4 is 43.6 Å². The number of aliphatic hydroxyl groups excluding tert-OH is 1. The Balaban J connectivity index is 0. The molecule has 0 aliphatic rings. The normalized spacial score (nSPS) is 11.7. The molecule has 1 atom stereocenters. The number of aliphatic hydroxyl groups is 1. The van der Waals surface area contributed by atoms with Crippen LogP contribution in [0, 0.1) is 0 Å². The molecule has 0 spiro atoms. The SMILES string of the molecule is CC(O)C(N)=O.[CaH2]. The van der Waals surface area contributed by atoms with Crippen LogP contribution in [-0.2, 0) is 4.79 Å². The van der Waals surface area contributed by atoms with Gasteiger partial charge in [-0.2, -0.15) is 0 Å². The van der Waals surface area contributed by atoms with Gasteiger partial charge in [0.25, 0.3) is 0 Å². The Kier molecular flexibility index (Phi) is 7.35. The molecule has 0 saturated carbocycles. The Morgan fingerprint density at radius 3 is 2.00 bits per heavy atom. The van der Waals surface area contributed by atoms with Crippen molar-refractivity contribution in [3.05, 3.63) is 0 Å². The predicted molar refractivity (Wildman–Crippen MR) is 29.4 cm³/mol. The van der Waals surface area contributed by atoms with Crippen LogP contribution >= 0.6 is 0 Å². The molecule has 3 N–H and O–H groups in total. The maximum atomic E-state index is 9.67. The second-order valence-corrected chi connectivity index (χ2v) is 1.08. The maximum absolute atomic E-state index is 9.67. The molecule has 0 saturated heterocycles. The quantitative estimate of drug-likeness (QED) is 0.402. The molecule has 1 unspecified atom stereocenters. The molecule has 0 heterocycles. The van der Waals surface area contributed by atoms with Gasteiger partial charge in [0.05, 0.1) is 0 Å². The summed E-state index contributed by atoms with van der Waals surface area (Å²) in [7, 11) is 0. The van der Waals surface area contributed by atoms with Crippen molar-refractivity contribution in [3.63, 3.8) is 0 Å². The molecule has 1 amide bonds. The molecule has 7 heavy (non-hydrogen) atoms. The van der Waals surface area contributed by atoms with Gasteiger partial charge in [0.2, 0.25) is 5.91 Å². The molecule has 0 aromatic rings. The first kappa shape index (κ1) is 10.6. The van der Waals surface area contributed by atoms with Crippen molar-refractivity contribution in [1.29, 1.82) is 0 Å². The van der Waals surface area contributed by atoms with Crippen molar-refractivity contribution in [1.82, 2.24) is 0 Å². The zero-order chi connectivity index (χ0) is 5.15. The first-order chi connectivity index (χ1) is 2.64. The van der Waals surface area contributed by atoms with Crippen molar-refractivity contribution in [3.8, 4) is 0 Å². The van der Waals surface area contributed by atoms with E-state index in [4.69, 9.17) is 5.11 Å². The minimum atomic E-state index is -1.01. The molecule has 0 aromatic carbocycles. The van der Waals surface area contributed by atoms with Crippen molar-refractivity contribution < 1.29 is 9.90 Å². The topological polar surface area (TPSA) is 63.3 Å². The molecular weight excluding hydrogens is 122 g/mol. The zero-order valence-corrected chi connectivity index (χ0v) is 3.51. The van der Waals surface area contributed by atoms with E-state index in [1.165, 1.54) is 6.92 Å². The van der Waals surface area contributed by atoms with E-state index in [9.17, 15) is 4.79 Å². The average Bonchev–Trinajstić information content (AvgIpc) is 1.36. The molecular formula is C3H9CaNO2. The number of nitrogens with two attached hydrogens (primary N) is 1. The molecule has 0 aromatic heterocycles. The van der Waals surface area contributed by atoms with Gasteiger partial charge in [-0.05, 0) is 6.92 Å². The Hall–Kier alpha value is 0.690. The summed E-state index contributed by atoms with van der Waals surface area (Å²) in [4.78, 5) is 9.67. The third-order valence-corrected chi connectivity index (χ3v) is 0.412. The Morgan fingerprint density at radius 2 is 2.00 bits per heavy atom. The fraction of sp³-hybridized carbons (Fsp3) is 0.667. The molecule has 0 aliphatic heterocycles. The second-order valence-electron chi connectivity index (χ2n) is 1.08. The van der Waals surface area contributed by atoms with Crippen LogP contribution in [0.4, 0.5) is 0 Å². The standard InChI is InChI=1S/C3H7NO2.Ca.2H/c1-2(5)3(4)6;;;/h2,5H,1H3,(H2,4,6);;;. The minimum absolute atomic E-state index is 0. The van der Waals surface area contributed by atoms with E-state index in [1.807, 2.05) is 0 Å². The van der Waals surface area contributed by atoms with Crippen LogP contribution in [-0.4, -0.2) is 54.9 Å². The molecule has 0 fully saturated rings. The van der Waals surface area contributed by atoms with Crippen LogP contribution in [0.1, 0.15) is 6.92 Å². The van der Waals surface area contributed by atoms with Crippen molar-refractivity contribution in [2.24, 2.45) is 5.73 Å². The summed E-state index contributed by atoms with van der Waals surface area (Å²) >= 11 is 0. The van der Waals surface area contributed by atoms with Gasteiger partial charge in [0.15, 0.2) is 0 Å². The molecule has 0 aliphatic carbocycles. The summed E-state index contributed by atoms with van der Waals surface area (Å²) in [5.41, 5.74) is 4.55. The van der Waals surface area contributed by atoms with E-state index in [0.29, 0.717) is 0 Å². The van der Waals surface area contributed by atoms with Gasteiger partial charge in [0.1, 0.15) is 6.10 Å². The van der Waals surface area contributed by atoms with Crippen LogP contribution in [0.15, 0.2) is 0 Å². The van der Waals surface area contributed by atoms with Crippen molar-refractivity contribution in [2.45, 2.75) is 13.0 Å². The Bertz CT molecular complexity index is 64.0. The number of primary amides is 1. The summed E-state index contributed by atoms with van der Waals surface area (Å²) in [6.45, 7) is 1.32. The molecule has 0 bridgehead atoms. The van der Waals surface area contributed by atoms with Crippen LogP contribution in [0.3, 0.4) is 0 Å². The van der Waals surface area contributed by atoms with E-state index in [2.05, 4.69) is 5.73 Å². The summed E-state index contributed by atoms with van der Waals surface area (Å²) in [6.07, 6.45) is -1.01. The molecule has 3 nitrogen and oxygen atoms in total. The van der Waals surface area contributed by atoms with Crippen LogP contribution in [0.25, 0.3) is 0 Å². The van der Waals surface area contributed by atoms with E-state index in [0.717, 1.165) is 0 Å². The molecule has 0 radical (unpaired) electrons. The number of amides is 1. The van der Waals surface area contributed by atoms with Crippen LogP contribution in [0.2, 0.25) is 0 Å². The first-order valence-corrected chi connectivity index (χ1v) is 1.62. The second kappa shape index (κ2) is 4.84. The fourth-order valence-electron chi connectivity index (χ4n) is 0. The average molecular weight is 131 g/mol. The summed E-state index contributed by atoms with van der Waals surface area (Å²) in [6, 6.07) is 0. The van der Waals surface area contributed by atoms with Gasteiger partial charge in [-0.15, -0.1) is 0 Å². The summed E-state index contributed by atoms with van der Waals surface area (Å²) in [5, 5.41) is 8.16. The molecule has 4 heteroatoms. The number of carbonyl (C=O) groups is 1. The fourth-order valence-corrected chi connectivity index (χ4v) is 0. The van der Waals surface area contributed by atoms with Gasteiger partial charge in [-0.1, -0.05) is 0 Å². The molecule has 40 valence electrons. The van der Waals surface area contributed by atoms with Gasteiger partial charge in [-0.3, -0.25) is 4.79 Å². The summed E-state index contributed by atoms with van der Waals surface area (Å²) < 4.78 is 0. The Labute approximate surface area is 71.9 Å². The van der Waals surface area contributed by atoms with Gasteiger partial charge >= 0.3 is 37.7 Å². The predicted octanol–water partition coefficient (Wildman–Crippen LogP) is -2.06. The number of hydrogen-bond donors (Lipinski definition) is 2. The van der Waals surface area contributed by atoms with Crippen LogP contribution < -0.4 is 5.73 Å². The molecule has 0 rings (SSSR count). The van der Waals surface area contributed by atoms with E-state index < -0.39 is 12.0 Å². The van der Waals surface area contributed by atoms with Crippen LogP contribution in [0.5, 0.6) is 0 Å². The number of rotatable bonds is 1. The third kappa shape index (κ3) is 6.69. The van der Waals surface area contributed by atoms with E-state index >= 15 is 0 Å². The summed E-state index contributed by atoms with van der Waals surface area (Å²) in [5.74, 6) is -0.685. The Morgan fingerprint density at radius 1 is 1.86 bits per heavy atom. The monoisotopic (exact) mass is 131 g/mol. The zero-order valence-electron chi connectivity index (χ0n) is 3.51. The number of hydrogen-bond acceptors (Lipinski definition) is 2. The van der Waals surface area contributed by atoms with Gasteiger partial charge in [-0.25, -0.2) is 0 Å². The first-order valence-electron chi connectivity index (χ1n) is 1.62.